The highest BCUT2D eigenvalue weighted by Crippen LogP contribution is 2.43. The van der Waals surface area contributed by atoms with Gasteiger partial charge in [0.1, 0.15) is 5.60 Å². The number of piperidine rings is 4. The topological polar surface area (TPSA) is 94.1 Å². The number of carbonyl (C=O) groups excluding carboxylic acids is 2. The highest BCUT2D eigenvalue weighted by molar-refractivity contribution is 5.96. The van der Waals surface area contributed by atoms with E-state index in [4.69, 9.17) is 4.74 Å². The van der Waals surface area contributed by atoms with E-state index < -0.39 is 5.60 Å². The standard InChI is InChI=1S/C29H38N4O3.C14H21N3.2ClH/c1-28(2,3)36-27(35)33-16-9-22-5-4-6-24(25(22)21-33)26(34)32-19-12-29(13-20-32)10-17-31(18-11-29)23-7-14-30-15-8-23;1-7-15-8-2-13(1)17-11-5-14(6-12-17)3-9-16-10-4-14;;/h4-8,14-15H,9-13,16-21H2,1-3H3;1-2,7-8,16H,3-6,9-12H2;2*1H. The minimum Gasteiger partial charge on any atom is -0.444 e. The number of anilines is 2. The number of rotatable bonds is 3. The molecule has 8 rings (SSSR count). The first-order valence-electron chi connectivity index (χ1n) is 20.0. The van der Waals surface area contributed by atoms with Crippen molar-refractivity contribution in [2.75, 3.05) is 68.7 Å². The minimum absolute atomic E-state index is 0. The van der Waals surface area contributed by atoms with Crippen molar-refractivity contribution in [1.29, 1.82) is 0 Å². The van der Waals surface area contributed by atoms with Gasteiger partial charge in [-0.1, -0.05) is 12.1 Å². The molecular weight excluding hydrogens is 733 g/mol. The fourth-order valence-electron chi connectivity index (χ4n) is 9.16. The van der Waals surface area contributed by atoms with E-state index in [-0.39, 0.29) is 36.8 Å². The van der Waals surface area contributed by atoms with E-state index >= 15 is 0 Å². The van der Waals surface area contributed by atoms with Crippen molar-refractivity contribution in [1.82, 2.24) is 25.1 Å². The molecule has 0 unspecified atom stereocenters. The summed E-state index contributed by atoms with van der Waals surface area (Å²) in [7, 11) is 0. The second-order valence-corrected chi connectivity index (χ2v) is 17.0. The summed E-state index contributed by atoms with van der Waals surface area (Å²) in [6, 6.07) is 14.4. The third-order valence-corrected chi connectivity index (χ3v) is 12.6. The number of likely N-dealkylation sites (tertiary alicyclic amines) is 1. The van der Waals surface area contributed by atoms with Crippen LogP contribution in [0, 0.1) is 10.8 Å². The molecule has 2 aromatic heterocycles. The summed E-state index contributed by atoms with van der Waals surface area (Å²) < 4.78 is 5.59. The lowest BCUT2D eigenvalue weighted by Crippen LogP contribution is -2.48. The zero-order valence-electron chi connectivity index (χ0n) is 33.0. The number of carbonyl (C=O) groups is 2. The molecule has 5 aliphatic rings. The van der Waals surface area contributed by atoms with Crippen molar-refractivity contribution in [3.8, 4) is 0 Å². The van der Waals surface area contributed by atoms with Crippen LogP contribution in [0.3, 0.4) is 0 Å². The van der Waals surface area contributed by atoms with Gasteiger partial charge < -0.3 is 29.7 Å². The van der Waals surface area contributed by atoms with Gasteiger partial charge in [0.15, 0.2) is 0 Å². The summed E-state index contributed by atoms with van der Waals surface area (Å²) in [5.41, 5.74) is 5.92. The van der Waals surface area contributed by atoms with Crippen LogP contribution in [0.2, 0.25) is 0 Å². The van der Waals surface area contributed by atoms with Gasteiger partial charge in [0.2, 0.25) is 0 Å². The second kappa shape index (κ2) is 18.6. The lowest BCUT2D eigenvalue weighted by Gasteiger charge is -2.47. The van der Waals surface area contributed by atoms with E-state index in [0.717, 1.165) is 62.1 Å². The Morgan fingerprint density at radius 2 is 1.15 bits per heavy atom. The predicted octanol–water partition coefficient (Wildman–Crippen LogP) is 7.79. The molecule has 12 heteroatoms. The number of nitrogens with zero attached hydrogens (tertiary/aromatic N) is 6. The second-order valence-electron chi connectivity index (χ2n) is 17.0. The first kappa shape index (κ1) is 42.5. The van der Waals surface area contributed by atoms with E-state index in [9.17, 15) is 9.59 Å². The van der Waals surface area contributed by atoms with Crippen LogP contribution in [0.4, 0.5) is 16.2 Å². The van der Waals surface area contributed by atoms with Crippen molar-refractivity contribution < 1.29 is 14.3 Å². The van der Waals surface area contributed by atoms with Gasteiger partial charge in [0.05, 0.1) is 6.54 Å². The Labute approximate surface area is 340 Å². The minimum atomic E-state index is -0.537. The van der Waals surface area contributed by atoms with Gasteiger partial charge >= 0.3 is 6.09 Å². The molecule has 0 radical (unpaired) electrons. The normalized spacial score (nSPS) is 20.3. The lowest BCUT2D eigenvalue weighted by atomic mass is 9.71. The number of hydrogen-bond donors (Lipinski definition) is 1. The van der Waals surface area contributed by atoms with Gasteiger partial charge in [-0.25, -0.2) is 4.79 Å². The molecule has 10 nitrogen and oxygen atoms in total. The van der Waals surface area contributed by atoms with E-state index in [1.807, 2.05) is 62.6 Å². The molecule has 7 heterocycles. The number of halogens is 2. The Morgan fingerprint density at radius 1 is 0.655 bits per heavy atom. The van der Waals surface area contributed by atoms with Gasteiger partial charge in [-0.15, -0.1) is 24.8 Å². The average molecular weight is 795 g/mol. The van der Waals surface area contributed by atoms with E-state index in [1.54, 1.807) is 4.90 Å². The monoisotopic (exact) mass is 793 g/mol. The van der Waals surface area contributed by atoms with Gasteiger partial charge in [-0.3, -0.25) is 14.8 Å². The average Bonchev–Trinajstić information content (AvgIpc) is 3.19. The Bertz CT molecular complexity index is 1670. The zero-order chi connectivity index (χ0) is 36.9. The number of aromatic nitrogens is 2. The van der Waals surface area contributed by atoms with Crippen molar-refractivity contribution in [3.63, 3.8) is 0 Å². The first-order valence-corrected chi connectivity index (χ1v) is 20.0. The number of pyridine rings is 2. The van der Waals surface area contributed by atoms with E-state index in [2.05, 4.69) is 55.4 Å². The Balaban J connectivity index is 0.000000256. The summed E-state index contributed by atoms with van der Waals surface area (Å²) in [5, 5.41) is 3.48. The smallest absolute Gasteiger partial charge is 0.410 e. The van der Waals surface area contributed by atoms with Gasteiger partial charge in [-0.05, 0) is 144 Å². The molecule has 4 saturated heterocycles. The van der Waals surface area contributed by atoms with E-state index in [1.165, 1.54) is 76.1 Å². The predicted molar refractivity (Wildman–Crippen MR) is 225 cm³/mol. The van der Waals surface area contributed by atoms with Crippen molar-refractivity contribution in [2.24, 2.45) is 10.8 Å². The fraction of sp³-hybridized carbons (Fsp3) is 0.581. The maximum Gasteiger partial charge on any atom is 0.410 e. The molecule has 3 aromatic rings. The third-order valence-electron chi connectivity index (χ3n) is 12.6. The van der Waals surface area contributed by atoms with Crippen molar-refractivity contribution >= 4 is 48.2 Å². The number of nitrogens with one attached hydrogen (secondary N) is 1. The first-order chi connectivity index (χ1) is 25.6. The summed E-state index contributed by atoms with van der Waals surface area (Å²) in [6.07, 6.45) is 17.9. The van der Waals surface area contributed by atoms with Crippen molar-refractivity contribution in [3.05, 3.63) is 83.9 Å². The quantitative estimate of drug-likeness (QED) is 0.288. The molecular formula is C43H61Cl2N7O3. The number of hydrogen-bond acceptors (Lipinski definition) is 8. The molecule has 1 N–H and O–H groups in total. The highest BCUT2D eigenvalue weighted by Gasteiger charge is 2.40. The molecule has 4 fully saturated rings. The number of amides is 2. The van der Waals surface area contributed by atoms with Crippen LogP contribution in [-0.4, -0.2) is 96.3 Å². The molecule has 2 spiro atoms. The molecule has 55 heavy (non-hydrogen) atoms. The van der Waals surface area contributed by atoms with Crippen LogP contribution < -0.4 is 15.1 Å². The maximum absolute atomic E-state index is 13.7. The Morgan fingerprint density at radius 3 is 1.65 bits per heavy atom. The molecule has 0 saturated carbocycles. The summed E-state index contributed by atoms with van der Waals surface area (Å²) in [5.74, 6) is 0.0990. The number of benzene rings is 1. The SMILES string of the molecule is CC(C)(C)OC(=O)N1CCc2cccc(C(=O)N3CCC4(CC3)CCN(c3ccncc3)CC4)c2C1.Cl.Cl.c1cc(N2CCC3(CCNCC3)CC2)ccn1. The Kier molecular flexibility index (Phi) is 14.4. The molecule has 2 amide bonds. The molecule has 0 atom stereocenters. The number of fused-ring (bicyclic) bond motifs is 1. The van der Waals surface area contributed by atoms with Gasteiger partial charge in [0.25, 0.3) is 5.91 Å². The van der Waals surface area contributed by atoms with Gasteiger partial charge in [-0.2, -0.15) is 0 Å². The van der Waals surface area contributed by atoms with Crippen LogP contribution in [0.1, 0.15) is 93.6 Å². The molecule has 0 bridgehead atoms. The highest BCUT2D eigenvalue weighted by atomic mass is 35.5. The zero-order valence-corrected chi connectivity index (χ0v) is 34.6. The largest absolute Gasteiger partial charge is 0.444 e. The lowest BCUT2D eigenvalue weighted by molar-refractivity contribution is 0.0221. The van der Waals surface area contributed by atoms with Crippen LogP contribution >= 0.6 is 24.8 Å². The van der Waals surface area contributed by atoms with Crippen LogP contribution in [0.25, 0.3) is 0 Å². The Hall–Kier alpha value is -3.60. The van der Waals surface area contributed by atoms with Crippen LogP contribution in [0.15, 0.2) is 67.3 Å². The van der Waals surface area contributed by atoms with Crippen LogP contribution in [0.5, 0.6) is 0 Å². The van der Waals surface area contributed by atoms with Gasteiger partial charge in [0, 0.05) is 87.5 Å². The molecule has 300 valence electrons. The summed E-state index contributed by atoms with van der Waals surface area (Å²) in [6.45, 7) is 15.3. The molecule has 5 aliphatic heterocycles. The van der Waals surface area contributed by atoms with Crippen LogP contribution in [-0.2, 0) is 17.7 Å². The van der Waals surface area contributed by atoms with E-state index in [0.29, 0.717) is 23.9 Å². The molecule has 1 aromatic carbocycles. The maximum atomic E-state index is 13.7. The fourth-order valence-corrected chi connectivity index (χ4v) is 9.16. The third kappa shape index (κ3) is 10.4. The van der Waals surface area contributed by atoms with Crippen molar-refractivity contribution in [2.45, 2.75) is 90.7 Å². The summed E-state index contributed by atoms with van der Waals surface area (Å²) >= 11 is 0. The molecule has 0 aliphatic carbocycles. The summed E-state index contributed by atoms with van der Waals surface area (Å²) in [4.78, 5) is 43.3. The number of ether oxygens (including phenoxy) is 1.